The molecule has 0 saturated carbocycles. The molecule has 3 aliphatic rings. The summed E-state index contributed by atoms with van der Waals surface area (Å²) in [5.74, 6) is -1.24. The monoisotopic (exact) mass is 487 g/mol. The average Bonchev–Trinajstić information content (AvgIpc) is 3.38. The van der Waals surface area contributed by atoms with Crippen LogP contribution in [-0.4, -0.2) is 46.8 Å². The molecule has 0 radical (unpaired) electrons. The fourth-order valence-electron chi connectivity index (χ4n) is 5.99. The van der Waals surface area contributed by atoms with E-state index in [1.807, 2.05) is 19.1 Å². The molecule has 2 heterocycles. The van der Waals surface area contributed by atoms with Gasteiger partial charge in [0.15, 0.2) is 0 Å². The molecule has 2 fully saturated rings. The number of nitrogens with zero attached hydrogens (tertiary/aromatic N) is 1. The second kappa shape index (κ2) is 9.69. The summed E-state index contributed by atoms with van der Waals surface area (Å²) in [4.78, 5) is 28.1. The Morgan fingerprint density at radius 2 is 1.86 bits per heavy atom. The van der Waals surface area contributed by atoms with Gasteiger partial charge in [-0.25, -0.2) is 0 Å². The van der Waals surface area contributed by atoms with E-state index < -0.39 is 19.0 Å². The van der Waals surface area contributed by atoms with Gasteiger partial charge >= 0.3 is 7.12 Å². The van der Waals surface area contributed by atoms with Gasteiger partial charge in [-0.15, -0.1) is 0 Å². The summed E-state index contributed by atoms with van der Waals surface area (Å²) >= 11 is 0. The molecule has 5 rings (SSSR count). The van der Waals surface area contributed by atoms with Crippen molar-refractivity contribution in [3.63, 3.8) is 0 Å². The largest absolute Gasteiger partial charge is 0.508 e. The van der Waals surface area contributed by atoms with Crippen molar-refractivity contribution < 1.29 is 29.5 Å². The van der Waals surface area contributed by atoms with Gasteiger partial charge < -0.3 is 19.9 Å². The fourth-order valence-corrected chi connectivity index (χ4v) is 5.99. The lowest BCUT2D eigenvalue weighted by atomic mass is 9.70. The Bertz CT molecular complexity index is 1250. The first-order valence-corrected chi connectivity index (χ1v) is 12.4. The maximum Gasteiger partial charge on any atom is 0.488 e. The highest BCUT2D eigenvalue weighted by atomic mass is 16.5. The third-order valence-electron chi connectivity index (χ3n) is 7.69. The van der Waals surface area contributed by atoms with Crippen molar-refractivity contribution in [1.29, 1.82) is 0 Å². The summed E-state index contributed by atoms with van der Waals surface area (Å²) in [6.45, 7) is 4.54. The Morgan fingerprint density at radius 3 is 2.58 bits per heavy atom. The summed E-state index contributed by atoms with van der Waals surface area (Å²) in [7, 11) is -1.67. The van der Waals surface area contributed by atoms with Crippen molar-refractivity contribution in [2.75, 3.05) is 11.5 Å². The van der Waals surface area contributed by atoms with Crippen molar-refractivity contribution in [1.82, 2.24) is 0 Å². The third kappa shape index (κ3) is 4.41. The predicted molar refractivity (Wildman–Crippen MR) is 137 cm³/mol. The summed E-state index contributed by atoms with van der Waals surface area (Å²) < 4.78 is 6.20. The molecule has 0 aromatic heterocycles. The molecule has 0 spiro atoms. The van der Waals surface area contributed by atoms with E-state index >= 15 is 0 Å². The number of hydrogen-bond acceptors (Lipinski definition) is 6. The molecule has 7 nitrogen and oxygen atoms in total. The van der Waals surface area contributed by atoms with Crippen LogP contribution >= 0.6 is 0 Å². The van der Waals surface area contributed by atoms with Crippen molar-refractivity contribution in [2.45, 2.75) is 39.2 Å². The number of hydrogen-bond donors (Lipinski definition) is 3. The number of fused-ring (bicyclic) bond motifs is 3. The van der Waals surface area contributed by atoms with Gasteiger partial charge in [0, 0.05) is 5.92 Å². The van der Waals surface area contributed by atoms with Crippen LogP contribution in [0, 0.1) is 17.8 Å². The minimum Gasteiger partial charge on any atom is -0.508 e. The molecule has 2 aromatic rings. The lowest BCUT2D eigenvalue weighted by molar-refractivity contribution is -0.122. The van der Waals surface area contributed by atoms with Gasteiger partial charge in [-0.1, -0.05) is 41.5 Å². The van der Waals surface area contributed by atoms with E-state index in [1.165, 1.54) is 16.5 Å². The molecule has 2 aliphatic heterocycles. The first kappa shape index (κ1) is 24.5. The number of benzene rings is 2. The number of amides is 2. The van der Waals surface area contributed by atoms with Crippen LogP contribution in [0.5, 0.6) is 5.75 Å². The molecule has 1 aliphatic carbocycles. The van der Waals surface area contributed by atoms with Crippen molar-refractivity contribution >= 4 is 36.2 Å². The van der Waals surface area contributed by atoms with Crippen LogP contribution in [0.3, 0.4) is 0 Å². The zero-order chi connectivity index (χ0) is 25.6. The molecule has 2 amide bonds. The number of imide groups is 1. The summed E-state index contributed by atoms with van der Waals surface area (Å²) in [5, 5.41) is 28.5. The van der Waals surface area contributed by atoms with E-state index in [9.17, 15) is 24.7 Å². The van der Waals surface area contributed by atoms with Gasteiger partial charge in [-0.05, 0) is 74.0 Å². The smallest absolute Gasteiger partial charge is 0.488 e. The molecule has 0 unspecified atom stereocenters. The van der Waals surface area contributed by atoms with Gasteiger partial charge in [0.05, 0.1) is 30.2 Å². The molecule has 4 atom stereocenters. The molecule has 2 saturated heterocycles. The number of aromatic hydroxyl groups is 1. The number of carbonyl (C=O) groups excluding carboxylic acids is 2. The van der Waals surface area contributed by atoms with Crippen LogP contribution in [0.15, 0.2) is 65.3 Å². The normalized spacial score (nSPS) is 25.9. The molecule has 2 aromatic carbocycles. The van der Waals surface area contributed by atoms with Gasteiger partial charge in [0.2, 0.25) is 11.8 Å². The number of carbonyl (C=O) groups is 2. The van der Waals surface area contributed by atoms with E-state index in [1.54, 1.807) is 30.3 Å². The molecule has 0 bridgehead atoms. The molecule has 36 heavy (non-hydrogen) atoms. The Hall–Kier alpha value is -3.20. The second-order valence-electron chi connectivity index (χ2n) is 10.1. The van der Waals surface area contributed by atoms with E-state index in [0.717, 1.165) is 29.6 Å². The average molecular weight is 487 g/mol. The number of anilines is 1. The maximum atomic E-state index is 13.6. The minimum atomic E-state index is -1.67. The molecule has 186 valence electrons. The highest BCUT2D eigenvalue weighted by Crippen LogP contribution is 2.50. The third-order valence-corrected chi connectivity index (χ3v) is 7.69. The van der Waals surface area contributed by atoms with E-state index in [-0.39, 0.29) is 35.0 Å². The number of ether oxygens (including phenoxy) is 1. The van der Waals surface area contributed by atoms with Crippen LogP contribution in [0.2, 0.25) is 0 Å². The molecule has 8 heteroatoms. The topological polar surface area (TPSA) is 107 Å². The number of rotatable bonds is 6. The van der Waals surface area contributed by atoms with E-state index in [2.05, 4.69) is 13.0 Å². The first-order chi connectivity index (χ1) is 17.2. The van der Waals surface area contributed by atoms with Crippen LogP contribution in [0.4, 0.5) is 5.69 Å². The van der Waals surface area contributed by atoms with Gasteiger partial charge in [0.1, 0.15) is 5.75 Å². The zero-order valence-corrected chi connectivity index (χ0v) is 20.4. The van der Waals surface area contributed by atoms with E-state index in [0.29, 0.717) is 18.7 Å². The number of phenolic OH excluding ortho intramolecular Hbond substituents is 1. The lowest BCUT2D eigenvalue weighted by Crippen LogP contribution is -2.35. The standard InChI is InChI=1S/C28H30BNO6/c1-16(12-18-7-9-21(31)10-8-18)6-11-24-25-17(2)13-22-26(23(25)15-36-24)28(33)30(27(22)32)20-5-3-4-19(14-20)29(34)35/h3-5,7-10,12,14,22-24,26,31,34-35H,6,11,13,15H2,1-2H3/b16-12+/t22-,23+,24-,26-/m1/s1. The van der Waals surface area contributed by atoms with Gasteiger partial charge in [-0.3, -0.25) is 14.5 Å². The Balaban J connectivity index is 1.33. The summed E-state index contributed by atoms with van der Waals surface area (Å²) in [6, 6.07) is 13.4. The van der Waals surface area contributed by atoms with Crippen LogP contribution in [-0.2, 0) is 14.3 Å². The Morgan fingerprint density at radius 1 is 1.11 bits per heavy atom. The lowest BCUT2D eigenvalue weighted by Gasteiger charge is -2.30. The van der Waals surface area contributed by atoms with E-state index in [4.69, 9.17) is 4.74 Å². The van der Waals surface area contributed by atoms with Gasteiger partial charge in [0.25, 0.3) is 0 Å². The number of allylic oxidation sites excluding steroid dienone is 2. The van der Waals surface area contributed by atoms with Crippen molar-refractivity contribution in [3.05, 3.63) is 70.8 Å². The van der Waals surface area contributed by atoms with Crippen LogP contribution < -0.4 is 10.4 Å². The number of phenols is 1. The SMILES string of the molecule is CC1=C2[C@@H](CC/C(C)=C/c3ccc(O)cc3)OC[C@@H]2[C@@H]2C(=O)N(c3cccc(B(O)O)c3)C(=O)[C@@H]2C1. The highest BCUT2D eigenvalue weighted by Gasteiger charge is 2.56. The fraction of sp³-hybridized carbons (Fsp3) is 0.357. The van der Waals surface area contributed by atoms with Crippen LogP contribution in [0.1, 0.15) is 38.7 Å². The van der Waals surface area contributed by atoms with Crippen molar-refractivity contribution in [3.8, 4) is 5.75 Å². The zero-order valence-electron chi connectivity index (χ0n) is 20.4. The summed E-state index contributed by atoms with van der Waals surface area (Å²) in [5.41, 5.74) is 5.12. The molecular formula is C28H30BNO6. The second-order valence-corrected chi connectivity index (χ2v) is 10.1. The van der Waals surface area contributed by atoms with Gasteiger partial charge in [-0.2, -0.15) is 0 Å². The molecule has 3 N–H and O–H groups in total. The molecular weight excluding hydrogens is 457 g/mol. The van der Waals surface area contributed by atoms with Crippen molar-refractivity contribution in [2.24, 2.45) is 17.8 Å². The summed E-state index contributed by atoms with van der Waals surface area (Å²) in [6.07, 6.45) is 4.17. The predicted octanol–water partition coefficient (Wildman–Crippen LogP) is 2.80. The highest BCUT2D eigenvalue weighted by molar-refractivity contribution is 6.58. The Kier molecular flexibility index (Phi) is 6.59. The van der Waals surface area contributed by atoms with Crippen LogP contribution in [0.25, 0.3) is 6.08 Å². The minimum absolute atomic E-state index is 0.0797. The Labute approximate surface area is 210 Å². The quantitative estimate of drug-likeness (QED) is 0.329. The maximum absolute atomic E-state index is 13.6. The first-order valence-electron chi connectivity index (χ1n) is 12.4.